The second-order valence-electron chi connectivity index (χ2n) is 4.55. The molecule has 1 aromatic carbocycles. The Kier molecular flexibility index (Phi) is 5.21. The second-order valence-corrected chi connectivity index (χ2v) is 5.86. The van der Waals surface area contributed by atoms with Crippen molar-refractivity contribution in [1.29, 1.82) is 0 Å². The maximum absolute atomic E-state index is 12.1. The summed E-state index contributed by atoms with van der Waals surface area (Å²) in [5.41, 5.74) is 1.03. The summed E-state index contributed by atoms with van der Waals surface area (Å²) in [6, 6.07) is 7.61. The first kappa shape index (κ1) is 15.4. The number of thioether (sulfide) groups is 1. The van der Waals surface area contributed by atoms with E-state index in [1.54, 1.807) is 18.0 Å². The Hall–Kier alpha value is -2.02. The molecule has 0 fully saturated rings. The number of benzene rings is 1. The van der Waals surface area contributed by atoms with Gasteiger partial charge >= 0.3 is 0 Å². The number of carbonyl (C=O) groups is 1. The summed E-state index contributed by atoms with van der Waals surface area (Å²) in [5, 5.41) is 11.2. The minimum atomic E-state index is -0.230. The Bertz CT molecular complexity index is 597. The number of methoxy groups -OCH3 is 1. The van der Waals surface area contributed by atoms with Crippen LogP contribution in [0.15, 0.2) is 35.7 Å². The lowest BCUT2D eigenvalue weighted by atomic mass is 10.2. The van der Waals surface area contributed by atoms with Gasteiger partial charge in [-0.05, 0) is 24.6 Å². The Morgan fingerprint density at radius 2 is 2.14 bits per heavy atom. The van der Waals surface area contributed by atoms with E-state index in [1.165, 1.54) is 11.8 Å². The molecule has 2 aromatic rings. The zero-order valence-electron chi connectivity index (χ0n) is 12.2. The molecule has 1 heterocycles. The second kappa shape index (κ2) is 7.12. The normalized spacial score (nSPS) is 12.0. The number of hydrogen-bond donors (Lipinski definition) is 1. The summed E-state index contributed by atoms with van der Waals surface area (Å²) < 4.78 is 6.89. The molecule has 1 atom stereocenters. The van der Waals surface area contributed by atoms with E-state index in [1.807, 2.05) is 38.2 Å². The number of nitrogens with zero attached hydrogens (tertiary/aromatic N) is 3. The van der Waals surface area contributed by atoms with Gasteiger partial charge in [0.2, 0.25) is 5.91 Å². The topological polar surface area (TPSA) is 69.0 Å². The predicted molar refractivity (Wildman–Crippen MR) is 81.2 cm³/mol. The first-order chi connectivity index (χ1) is 10.1. The standard InChI is InChI=1S/C14H18N4O2S/c1-10(21-14-17-16-9-18(14)2)13(19)15-8-11-4-6-12(20-3)7-5-11/h4-7,9-10H,8H2,1-3H3,(H,15,19). The van der Waals surface area contributed by atoms with E-state index in [9.17, 15) is 4.79 Å². The predicted octanol–water partition coefficient (Wildman–Crippen LogP) is 1.62. The van der Waals surface area contributed by atoms with Crippen LogP contribution < -0.4 is 10.1 Å². The molecule has 1 amide bonds. The summed E-state index contributed by atoms with van der Waals surface area (Å²) in [6.45, 7) is 2.34. The zero-order valence-corrected chi connectivity index (χ0v) is 13.1. The first-order valence-corrected chi connectivity index (χ1v) is 7.39. The summed E-state index contributed by atoms with van der Waals surface area (Å²) in [4.78, 5) is 12.1. The lowest BCUT2D eigenvalue weighted by molar-refractivity contribution is -0.120. The number of ether oxygens (including phenoxy) is 1. The van der Waals surface area contributed by atoms with Crippen molar-refractivity contribution >= 4 is 17.7 Å². The van der Waals surface area contributed by atoms with E-state index in [-0.39, 0.29) is 11.2 Å². The fraction of sp³-hybridized carbons (Fsp3) is 0.357. The van der Waals surface area contributed by atoms with Gasteiger partial charge in [0, 0.05) is 13.6 Å². The van der Waals surface area contributed by atoms with E-state index < -0.39 is 0 Å². The number of hydrogen-bond acceptors (Lipinski definition) is 5. The van der Waals surface area contributed by atoms with Crippen molar-refractivity contribution in [3.63, 3.8) is 0 Å². The molecular formula is C14H18N4O2S. The fourth-order valence-corrected chi connectivity index (χ4v) is 2.48. The van der Waals surface area contributed by atoms with E-state index in [0.29, 0.717) is 6.54 Å². The van der Waals surface area contributed by atoms with Crippen molar-refractivity contribution in [2.24, 2.45) is 7.05 Å². The van der Waals surface area contributed by atoms with Crippen molar-refractivity contribution in [2.75, 3.05) is 7.11 Å². The molecule has 2 rings (SSSR count). The molecule has 1 aromatic heterocycles. The molecule has 0 spiro atoms. The third-order valence-electron chi connectivity index (χ3n) is 2.95. The molecule has 0 bridgehead atoms. The van der Waals surface area contributed by atoms with E-state index >= 15 is 0 Å². The number of aromatic nitrogens is 3. The fourth-order valence-electron chi connectivity index (χ4n) is 1.67. The van der Waals surface area contributed by atoms with Gasteiger partial charge in [-0.25, -0.2) is 0 Å². The molecule has 0 aliphatic rings. The highest BCUT2D eigenvalue weighted by Crippen LogP contribution is 2.20. The van der Waals surface area contributed by atoms with E-state index in [0.717, 1.165) is 16.5 Å². The number of amides is 1. The summed E-state index contributed by atoms with van der Waals surface area (Å²) >= 11 is 1.38. The molecule has 112 valence electrons. The lowest BCUT2D eigenvalue weighted by Gasteiger charge is -2.11. The van der Waals surface area contributed by atoms with Crippen LogP contribution in [-0.2, 0) is 18.4 Å². The van der Waals surface area contributed by atoms with Crippen LogP contribution in [0.4, 0.5) is 0 Å². The van der Waals surface area contributed by atoms with Crippen LogP contribution in [0.25, 0.3) is 0 Å². The highest BCUT2D eigenvalue weighted by atomic mass is 32.2. The van der Waals surface area contributed by atoms with E-state index in [2.05, 4.69) is 15.5 Å². The SMILES string of the molecule is COc1ccc(CNC(=O)C(C)Sc2nncn2C)cc1. The van der Waals surface area contributed by atoms with Gasteiger partial charge in [0.15, 0.2) is 5.16 Å². The van der Waals surface area contributed by atoms with Gasteiger partial charge in [0.05, 0.1) is 12.4 Å². The van der Waals surface area contributed by atoms with Gasteiger partial charge in [-0.15, -0.1) is 10.2 Å². The van der Waals surface area contributed by atoms with Crippen LogP contribution in [0.2, 0.25) is 0 Å². The van der Waals surface area contributed by atoms with E-state index in [4.69, 9.17) is 4.74 Å². The lowest BCUT2D eigenvalue weighted by Crippen LogP contribution is -2.30. The highest BCUT2D eigenvalue weighted by Gasteiger charge is 2.16. The Labute approximate surface area is 127 Å². The Balaban J connectivity index is 1.84. The number of carbonyl (C=O) groups excluding carboxylic acids is 1. The summed E-state index contributed by atoms with van der Waals surface area (Å²) in [6.07, 6.45) is 1.62. The van der Waals surface area contributed by atoms with Crippen LogP contribution in [0.5, 0.6) is 5.75 Å². The van der Waals surface area contributed by atoms with Crippen molar-refractivity contribution in [1.82, 2.24) is 20.1 Å². The highest BCUT2D eigenvalue weighted by molar-refractivity contribution is 8.00. The Morgan fingerprint density at radius 1 is 1.43 bits per heavy atom. The molecule has 0 aliphatic carbocycles. The number of rotatable bonds is 6. The van der Waals surface area contributed by atoms with Crippen molar-refractivity contribution < 1.29 is 9.53 Å². The molecule has 0 saturated heterocycles. The molecule has 0 radical (unpaired) electrons. The molecule has 1 unspecified atom stereocenters. The monoisotopic (exact) mass is 306 g/mol. The van der Waals surface area contributed by atoms with Gasteiger partial charge in [-0.3, -0.25) is 4.79 Å². The van der Waals surface area contributed by atoms with Crippen molar-refractivity contribution in [3.8, 4) is 5.75 Å². The smallest absolute Gasteiger partial charge is 0.233 e. The van der Waals surface area contributed by atoms with Gasteiger partial charge in [0.1, 0.15) is 12.1 Å². The van der Waals surface area contributed by atoms with Crippen LogP contribution in [0.3, 0.4) is 0 Å². The average molecular weight is 306 g/mol. The molecule has 6 nitrogen and oxygen atoms in total. The van der Waals surface area contributed by atoms with Gasteiger partial charge in [-0.1, -0.05) is 23.9 Å². The quantitative estimate of drug-likeness (QED) is 0.821. The average Bonchev–Trinajstić information content (AvgIpc) is 2.90. The van der Waals surface area contributed by atoms with Crippen LogP contribution in [0.1, 0.15) is 12.5 Å². The van der Waals surface area contributed by atoms with Gasteiger partial charge in [-0.2, -0.15) is 0 Å². The van der Waals surface area contributed by atoms with Crippen molar-refractivity contribution in [2.45, 2.75) is 23.9 Å². The van der Waals surface area contributed by atoms with Crippen LogP contribution >= 0.6 is 11.8 Å². The molecule has 0 saturated carbocycles. The molecule has 21 heavy (non-hydrogen) atoms. The largest absolute Gasteiger partial charge is 0.497 e. The summed E-state index contributed by atoms with van der Waals surface area (Å²) in [7, 11) is 3.48. The molecule has 0 aliphatic heterocycles. The minimum absolute atomic E-state index is 0.0289. The summed E-state index contributed by atoms with van der Waals surface area (Å²) in [5.74, 6) is 0.773. The molecule has 1 N–H and O–H groups in total. The maximum Gasteiger partial charge on any atom is 0.233 e. The zero-order chi connectivity index (χ0) is 15.2. The first-order valence-electron chi connectivity index (χ1n) is 6.51. The molecular weight excluding hydrogens is 288 g/mol. The number of nitrogens with one attached hydrogen (secondary N) is 1. The third kappa shape index (κ3) is 4.22. The Morgan fingerprint density at radius 3 is 2.71 bits per heavy atom. The number of aryl methyl sites for hydroxylation is 1. The maximum atomic E-state index is 12.1. The van der Waals surface area contributed by atoms with Crippen LogP contribution in [-0.4, -0.2) is 33.0 Å². The third-order valence-corrected chi connectivity index (χ3v) is 4.10. The van der Waals surface area contributed by atoms with Crippen LogP contribution in [0, 0.1) is 0 Å². The van der Waals surface area contributed by atoms with Gasteiger partial charge in [0.25, 0.3) is 0 Å². The minimum Gasteiger partial charge on any atom is -0.497 e. The molecule has 7 heteroatoms. The van der Waals surface area contributed by atoms with Crippen molar-refractivity contribution in [3.05, 3.63) is 36.2 Å². The van der Waals surface area contributed by atoms with Gasteiger partial charge < -0.3 is 14.6 Å².